The first-order valence-electron chi connectivity index (χ1n) is 11.5. The number of rotatable bonds is 4. The second kappa shape index (κ2) is 7.71. The van der Waals surface area contributed by atoms with Crippen LogP contribution in [0.4, 0.5) is 5.82 Å². The molecule has 1 saturated carbocycles. The monoisotopic (exact) mass is 439 g/mol. The third-order valence-electron chi connectivity index (χ3n) is 6.64. The van der Waals surface area contributed by atoms with Gasteiger partial charge in [0.1, 0.15) is 11.5 Å². The van der Waals surface area contributed by atoms with Crippen LogP contribution in [-0.4, -0.2) is 43.2 Å². The number of imidazole rings is 1. The number of carbonyl (C=O) groups excluding carboxylic acids is 1. The van der Waals surface area contributed by atoms with Crippen molar-refractivity contribution in [2.45, 2.75) is 38.8 Å². The molecule has 0 radical (unpaired) electrons. The fraction of sp³-hybridized carbons (Fsp3) is 0.360. The van der Waals surface area contributed by atoms with E-state index in [1.807, 2.05) is 29.2 Å². The SMILES string of the molecule is CCn1cnc2cc(C#Cc3nn(C4CCNC4)c4c(C(=O)C5CC5)cnc(N)c34)ccc21. The zero-order valence-corrected chi connectivity index (χ0v) is 18.5. The Labute approximate surface area is 191 Å². The number of nitrogens with one attached hydrogen (secondary N) is 1. The molecular formula is C25H25N7O. The Kier molecular flexibility index (Phi) is 4.66. The average molecular weight is 440 g/mol. The second-order valence-electron chi connectivity index (χ2n) is 8.84. The standard InChI is InChI=1S/C25H25N7O/c1-2-31-14-29-20-11-15(4-8-21(20)31)3-7-19-22-23(32(30-19)17-9-10-27-12-17)18(13-28-25(22)26)24(33)16-5-6-16/h4,8,11,13-14,16-17,27H,2,5-6,9-10,12H2,1H3,(H2,26,28). The average Bonchev–Trinajstić information content (AvgIpc) is 3.22. The molecule has 1 aromatic carbocycles. The number of aryl methyl sites for hydroxylation is 1. The number of Topliss-reactive ketones (excluding diaryl/α,β-unsaturated/α-hetero) is 1. The van der Waals surface area contributed by atoms with Gasteiger partial charge >= 0.3 is 0 Å². The number of benzene rings is 1. The maximum Gasteiger partial charge on any atom is 0.169 e. The van der Waals surface area contributed by atoms with E-state index in [2.05, 4.69) is 38.6 Å². The minimum Gasteiger partial charge on any atom is -0.383 e. The highest BCUT2D eigenvalue weighted by molar-refractivity contribution is 6.11. The van der Waals surface area contributed by atoms with Gasteiger partial charge in [0.15, 0.2) is 5.78 Å². The van der Waals surface area contributed by atoms with Crippen LogP contribution in [-0.2, 0) is 6.54 Å². The zero-order chi connectivity index (χ0) is 22.5. The number of hydrogen-bond acceptors (Lipinski definition) is 6. The first-order chi connectivity index (χ1) is 16.1. The normalized spacial score (nSPS) is 18.0. The lowest BCUT2D eigenvalue weighted by Crippen LogP contribution is -2.16. The molecule has 1 aliphatic heterocycles. The fourth-order valence-electron chi connectivity index (χ4n) is 4.67. The minimum absolute atomic E-state index is 0.0906. The zero-order valence-electron chi connectivity index (χ0n) is 18.5. The molecule has 33 heavy (non-hydrogen) atoms. The third-order valence-corrected chi connectivity index (χ3v) is 6.64. The summed E-state index contributed by atoms with van der Waals surface area (Å²) in [4.78, 5) is 21.9. The number of ketones is 1. The molecule has 8 heteroatoms. The summed E-state index contributed by atoms with van der Waals surface area (Å²) in [6, 6.07) is 6.18. The summed E-state index contributed by atoms with van der Waals surface area (Å²) >= 11 is 0. The lowest BCUT2D eigenvalue weighted by Gasteiger charge is -2.13. The Morgan fingerprint density at radius 2 is 2.12 bits per heavy atom. The summed E-state index contributed by atoms with van der Waals surface area (Å²) in [6.45, 7) is 4.69. The van der Waals surface area contributed by atoms with Crippen molar-refractivity contribution in [2.24, 2.45) is 5.92 Å². The van der Waals surface area contributed by atoms with Gasteiger partial charge in [0.2, 0.25) is 0 Å². The van der Waals surface area contributed by atoms with Crippen molar-refractivity contribution in [2.75, 3.05) is 18.8 Å². The molecule has 1 atom stereocenters. The number of carbonyl (C=O) groups is 1. The van der Waals surface area contributed by atoms with Crippen LogP contribution in [0.25, 0.3) is 21.9 Å². The molecule has 6 rings (SSSR count). The van der Waals surface area contributed by atoms with Crippen molar-refractivity contribution in [1.82, 2.24) is 29.6 Å². The summed E-state index contributed by atoms with van der Waals surface area (Å²) in [5.41, 5.74) is 11.1. The van der Waals surface area contributed by atoms with Crippen molar-refractivity contribution in [3.8, 4) is 11.8 Å². The van der Waals surface area contributed by atoms with Crippen molar-refractivity contribution >= 4 is 33.5 Å². The maximum absolute atomic E-state index is 13.1. The van der Waals surface area contributed by atoms with E-state index in [-0.39, 0.29) is 17.7 Å². The number of nitrogens with zero attached hydrogens (tertiary/aromatic N) is 5. The van der Waals surface area contributed by atoms with E-state index < -0.39 is 0 Å². The smallest absolute Gasteiger partial charge is 0.169 e. The molecular weight excluding hydrogens is 414 g/mol. The molecule has 2 aliphatic rings. The van der Waals surface area contributed by atoms with Gasteiger partial charge in [-0.2, -0.15) is 5.10 Å². The quantitative estimate of drug-likeness (QED) is 0.374. The Morgan fingerprint density at radius 3 is 2.88 bits per heavy atom. The first kappa shape index (κ1) is 19.9. The Hall–Kier alpha value is -3.70. The summed E-state index contributed by atoms with van der Waals surface area (Å²) in [7, 11) is 0. The first-order valence-corrected chi connectivity index (χ1v) is 11.5. The predicted octanol–water partition coefficient (Wildman–Crippen LogP) is 2.91. The van der Waals surface area contributed by atoms with E-state index in [0.29, 0.717) is 22.5 Å². The molecule has 1 aliphatic carbocycles. The highest BCUT2D eigenvalue weighted by Gasteiger charge is 2.34. The van der Waals surface area contributed by atoms with Crippen LogP contribution in [0.3, 0.4) is 0 Å². The van der Waals surface area contributed by atoms with Crippen LogP contribution in [0.1, 0.15) is 53.8 Å². The van der Waals surface area contributed by atoms with E-state index in [0.717, 1.165) is 61.0 Å². The molecule has 3 aromatic heterocycles. The molecule has 3 N–H and O–H groups in total. The van der Waals surface area contributed by atoms with Crippen LogP contribution < -0.4 is 11.1 Å². The largest absolute Gasteiger partial charge is 0.383 e. The second-order valence-corrected chi connectivity index (χ2v) is 8.84. The van der Waals surface area contributed by atoms with Gasteiger partial charge in [0.25, 0.3) is 0 Å². The Morgan fingerprint density at radius 1 is 1.24 bits per heavy atom. The van der Waals surface area contributed by atoms with Crippen LogP contribution in [0.5, 0.6) is 0 Å². The van der Waals surface area contributed by atoms with Crippen molar-refractivity contribution in [3.05, 3.63) is 47.5 Å². The van der Waals surface area contributed by atoms with Gasteiger partial charge in [-0.1, -0.05) is 5.92 Å². The summed E-state index contributed by atoms with van der Waals surface area (Å²) < 4.78 is 4.06. The topological polar surface area (TPSA) is 104 Å². The highest BCUT2D eigenvalue weighted by Crippen LogP contribution is 2.37. The van der Waals surface area contributed by atoms with Crippen molar-refractivity contribution in [1.29, 1.82) is 0 Å². The third kappa shape index (κ3) is 3.36. The van der Waals surface area contributed by atoms with Crippen LogP contribution in [0.15, 0.2) is 30.7 Å². The molecule has 1 saturated heterocycles. The summed E-state index contributed by atoms with van der Waals surface area (Å²) in [5, 5.41) is 8.93. The number of hydrogen-bond donors (Lipinski definition) is 2. The van der Waals surface area contributed by atoms with Crippen molar-refractivity contribution < 1.29 is 4.79 Å². The van der Waals surface area contributed by atoms with Crippen LogP contribution in [0.2, 0.25) is 0 Å². The van der Waals surface area contributed by atoms with Gasteiger partial charge in [-0.3, -0.25) is 9.48 Å². The molecule has 4 aromatic rings. The maximum atomic E-state index is 13.1. The van der Waals surface area contributed by atoms with Crippen molar-refractivity contribution in [3.63, 3.8) is 0 Å². The summed E-state index contributed by atoms with van der Waals surface area (Å²) in [6.07, 6.45) is 6.28. The van der Waals surface area contributed by atoms with Gasteiger partial charge in [0, 0.05) is 30.8 Å². The lowest BCUT2D eigenvalue weighted by atomic mass is 10.0. The van der Waals surface area contributed by atoms with Gasteiger partial charge < -0.3 is 15.6 Å². The number of fused-ring (bicyclic) bond motifs is 2. The van der Waals surface area contributed by atoms with Gasteiger partial charge in [-0.25, -0.2) is 9.97 Å². The Balaban J connectivity index is 1.49. The van der Waals surface area contributed by atoms with Gasteiger partial charge in [-0.15, -0.1) is 0 Å². The Bertz CT molecular complexity index is 1460. The number of pyridine rings is 1. The fourth-order valence-corrected chi connectivity index (χ4v) is 4.67. The molecule has 166 valence electrons. The molecule has 0 amide bonds. The molecule has 4 heterocycles. The molecule has 8 nitrogen and oxygen atoms in total. The number of anilines is 1. The number of aromatic nitrogens is 5. The van der Waals surface area contributed by atoms with E-state index in [1.165, 1.54) is 0 Å². The summed E-state index contributed by atoms with van der Waals surface area (Å²) in [5.74, 6) is 7.03. The lowest BCUT2D eigenvalue weighted by molar-refractivity contribution is 0.0968. The molecule has 1 unspecified atom stereocenters. The van der Waals surface area contributed by atoms with Crippen LogP contribution >= 0.6 is 0 Å². The van der Waals surface area contributed by atoms with E-state index >= 15 is 0 Å². The molecule has 0 bridgehead atoms. The van der Waals surface area contributed by atoms with Gasteiger partial charge in [-0.05, 0) is 56.9 Å². The molecule has 0 spiro atoms. The highest BCUT2D eigenvalue weighted by atomic mass is 16.1. The van der Waals surface area contributed by atoms with E-state index in [4.69, 9.17) is 10.8 Å². The number of nitrogens with two attached hydrogens (primary N) is 1. The van der Waals surface area contributed by atoms with E-state index in [9.17, 15) is 4.79 Å². The molecule has 2 fully saturated rings. The predicted molar refractivity (Wildman–Crippen MR) is 127 cm³/mol. The van der Waals surface area contributed by atoms with E-state index in [1.54, 1.807) is 6.20 Å². The van der Waals surface area contributed by atoms with Crippen LogP contribution in [0, 0.1) is 17.8 Å². The van der Waals surface area contributed by atoms with Gasteiger partial charge in [0.05, 0.1) is 39.9 Å². The number of nitrogen functional groups attached to an aromatic ring is 1. The minimum atomic E-state index is 0.0906.